The highest BCUT2D eigenvalue weighted by Crippen LogP contribution is 2.27. The van der Waals surface area contributed by atoms with Crippen molar-refractivity contribution in [3.63, 3.8) is 0 Å². The van der Waals surface area contributed by atoms with Crippen molar-refractivity contribution in [3.05, 3.63) is 41.7 Å². The molecule has 0 spiro atoms. The first-order chi connectivity index (χ1) is 9.31. The van der Waals surface area contributed by atoms with E-state index in [0.717, 1.165) is 18.5 Å². The number of aromatic nitrogens is 2. The second-order valence-electron chi connectivity index (χ2n) is 4.10. The first-order valence-electron chi connectivity index (χ1n) is 5.49. The minimum atomic E-state index is -4.45. The molecule has 1 aromatic heterocycles. The molecule has 0 unspecified atom stereocenters. The Labute approximate surface area is 110 Å². The number of alkyl halides is 3. The predicted molar refractivity (Wildman–Crippen MR) is 59.6 cm³/mol. The fraction of sp³-hybridized carbons (Fsp3) is 0.250. The summed E-state index contributed by atoms with van der Waals surface area (Å²) in [6, 6.07) is 2.34. The zero-order valence-corrected chi connectivity index (χ0v) is 9.96. The second kappa shape index (κ2) is 5.20. The minimum absolute atomic E-state index is 0.0233. The molecule has 0 radical (unpaired) electrons. The molecule has 0 bridgehead atoms. The fourth-order valence-corrected chi connectivity index (χ4v) is 1.71. The van der Waals surface area contributed by atoms with E-state index in [1.807, 2.05) is 0 Å². The summed E-state index contributed by atoms with van der Waals surface area (Å²) in [5.74, 6) is -2.46. The van der Waals surface area contributed by atoms with Crippen molar-refractivity contribution in [2.24, 2.45) is 0 Å². The van der Waals surface area contributed by atoms with Gasteiger partial charge in [-0.15, -0.1) is 0 Å². The van der Waals surface area contributed by atoms with E-state index in [1.165, 1.54) is 6.07 Å². The summed E-state index contributed by atoms with van der Waals surface area (Å²) in [5, 5.41) is 12.2. The van der Waals surface area contributed by atoms with Crippen LogP contribution in [-0.2, 0) is 13.2 Å². The van der Waals surface area contributed by atoms with E-state index in [9.17, 15) is 22.0 Å². The van der Waals surface area contributed by atoms with Crippen LogP contribution in [0.5, 0.6) is 0 Å². The van der Waals surface area contributed by atoms with Gasteiger partial charge in [0.25, 0.3) is 0 Å². The summed E-state index contributed by atoms with van der Waals surface area (Å²) in [5.41, 5.74) is -0.419. The van der Waals surface area contributed by atoms with Gasteiger partial charge in [-0.2, -0.15) is 18.3 Å². The maximum Gasteiger partial charge on any atom is 0.408 e. The molecule has 0 amide bonds. The molecule has 2 aromatic rings. The lowest BCUT2D eigenvalue weighted by atomic mass is 10.1. The van der Waals surface area contributed by atoms with Gasteiger partial charge in [0, 0.05) is 22.9 Å². The molecule has 0 saturated heterocycles. The van der Waals surface area contributed by atoms with Crippen LogP contribution in [0.15, 0.2) is 24.5 Å². The van der Waals surface area contributed by atoms with Crippen LogP contribution in [0, 0.1) is 11.6 Å². The van der Waals surface area contributed by atoms with Gasteiger partial charge in [0.1, 0.15) is 6.54 Å². The lowest BCUT2D eigenvalue weighted by Crippen LogP contribution is -2.17. The average molecular weight is 292 g/mol. The molecule has 0 fully saturated rings. The normalized spacial score (nSPS) is 11.9. The zero-order valence-electron chi connectivity index (χ0n) is 9.96. The van der Waals surface area contributed by atoms with Crippen molar-refractivity contribution >= 4 is 0 Å². The molecule has 0 saturated carbocycles. The van der Waals surface area contributed by atoms with Gasteiger partial charge in [-0.1, -0.05) is 12.1 Å². The Morgan fingerprint density at radius 2 is 1.85 bits per heavy atom. The third kappa shape index (κ3) is 2.96. The second-order valence-corrected chi connectivity index (χ2v) is 4.10. The molecule has 0 atom stereocenters. The summed E-state index contributed by atoms with van der Waals surface area (Å²) < 4.78 is 64.3. The molecule has 8 heteroatoms. The van der Waals surface area contributed by atoms with Gasteiger partial charge in [0.15, 0.2) is 11.6 Å². The van der Waals surface area contributed by atoms with E-state index in [4.69, 9.17) is 5.11 Å². The number of hydrogen-bond acceptors (Lipinski definition) is 2. The van der Waals surface area contributed by atoms with E-state index < -0.39 is 31.0 Å². The maximum absolute atomic E-state index is 13.7. The van der Waals surface area contributed by atoms with Crippen LogP contribution < -0.4 is 0 Å². The number of nitrogens with zero attached hydrogens (tertiary/aromatic N) is 2. The van der Waals surface area contributed by atoms with Crippen LogP contribution in [0.3, 0.4) is 0 Å². The van der Waals surface area contributed by atoms with Gasteiger partial charge in [-0.25, -0.2) is 8.78 Å². The maximum atomic E-state index is 13.7. The molecule has 0 aliphatic rings. The molecule has 20 heavy (non-hydrogen) atoms. The van der Waals surface area contributed by atoms with Gasteiger partial charge in [-0.05, 0) is 0 Å². The predicted octanol–water partition coefficient (Wildman–Crippen LogP) is 2.88. The summed E-state index contributed by atoms with van der Waals surface area (Å²) >= 11 is 0. The van der Waals surface area contributed by atoms with E-state index in [0.29, 0.717) is 4.68 Å². The van der Waals surface area contributed by atoms with Crippen LogP contribution in [0.25, 0.3) is 11.1 Å². The molecule has 3 nitrogen and oxygen atoms in total. The van der Waals surface area contributed by atoms with Crippen molar-refractivity contribution < 1.29 is 27.1 Å². The topological polar surface area (TPSA) is 38.1 Å². The Morgan fingerprint density at radius 3 is 2.45 bits per heavy atom. The molecule has 1 N–H and O–H groups in total. The van der Waals surface area contributed by atoms with E-state index in [-0.39, 0.29) is 16.7 Å². The van der Waals surface area contributed by atoms with Crippen molar-refractivity contribution in [2.75, 3.05) is 0 Å². The van der Waals surface area contributed by atoms with Gasteiger partial charge < -0.3 is 5.11 Å². The van der Waals surface area contributed by atoms with Crippen molar-refractivity contribution in [3.8, 4) is 11.1 Å². The zero-order chi connectivity index (χ0) is 14.9. The lowest BCUT2D eigenvalue weighted by Gasteiger charge is -2.06. The lowest BCUT2D eigenvalue weighted by molar-refractivity contribution is -0.142. The highest BCUT2D eigenvalue weighted by Gasteiger charge is 2.28. The molecular weight excluding hydrogens is 283 g/mol. The Hall–Kier alpha value is -1.96. The Bertz CT molecular complexity index is 621. The molecule has 108 valence electrons. The standard InChI is InChI=1S/C12H9F5N2O/c13-10-7(5-20)1-2-9(11(10)14)8-3-18-19(4-8)6-12(15,16)17/h1-4,20H,5-6H2. The molecule has 1 aromatic carbocycles. The van der Waals surface area contributed by atoms with Gasteiger partial charge in [-0.3, -0.25) is 4.68 Å². The molecule has 2 rings (SSSR count). The van der Waals surface area contributed by atoms with Crippen LogP contribution in [0.4, 0.5) is 22.0 Å². The number of aliphatic hydroxyl groups is 1. The van der Waals surface area contributed by atoms with E-state index in [2.05, 4.69) is 5.10 Å². The average Bonchev–Trinajstić information content (AvgIpc) is 2.78. The van der Waals surface area contributed by atoms with E-state index >= 15 is 0 Å². The number of halogens is 5. The molecule has 1 heterocycles. The highest BCUT2D eigenvalue weighted by atomic mass is 19.4. The number of hydrogen-bond donors (Lipinski definition) is 1. The summed E-state index contributed by atoms with van der Waals surface area (Å²) in [4.78, 5) is 0. The number of rotatable bonds is 3. The summed E-state index contributed by atoms with van der Waals surface area (Å²) in [6.07, 6.45) is -2.46. The molecule has 0 aliphatic carbocycles. The van der Waals surface area contributed by atoms with Crippen molar-refractivity contribution in [1.82, 2.24) is 9.78 Å². The van der Waals surface area contributed by atoms with Crippen LogP contribution in [-0.4, -0.2) is 21.1 Å². The fourth-order valence-electron chi connectivity index (χ4n) is 1.71. The first-order valence-corrected chi connectivity index (χ1v) is 5.49. The Kier molecular flexibility index (Phi) is 3.76. The van der Waals surface area contributed by atoms with Gasteiger partial charge in [0.2, 0.25) is 0 Å². The van der Waals surface area contributed by atoms with Crippen LogP contribution in [0.1, 0.15) is 5.56 Å². The van der Waals surface area contributed by atoms with Gasteiger partial charge in [0.05, 0.1) is 12.8 Å². The number of benzene rings is 1. The Balaban J connectivity index is 2.36. The van der Waals surface area contributed by atoms with Crippen LogP contribution in [0.2, 0.25) is 0 Å². The van der Waals surface area contributed by atoms with Crippen LogP contribution >= 0.6 is 0 Å². The summed E-state index contributed by atoms with van der Waals surface area (Å²) in [7, 11) is 0. The Morgan fingerprint density at radius 1 is 1.15 bits per heavy atom. The third-order valence-corrected chi connectivity index (χ3v) is 2.62. The van der Waals surface area contributed by atoms with E-state index in [1.54, 1.807) is 0 Å². The van der Waals surface area contributed by atoms with Gasteiger partial charge >= 0.3 is 6.18 Å². The smallest absolute Gasteiger partial charge is 0.392 e. The highest BCUT2D eigenvalue weighted by molar-refractivity contribution is 5.63. The largest absolute Gasteiger partial charge is 0.408 e. The number of aliphatic hydroxyl groups excluding tert-OH is 1. The summed E-state index contributed by atoms with van der Waals surface area (Å²) in [6.45, 7) is -1.98. The monoisotopic (exact) mass is 292 g/mol. The van der Waals surface area contributed by atoms with Crippen molar-refractivity contribution in [2.45, 2.75) is 19.3 Å². The first kappa shape index (κ1) is 14.4. The molecule has 0 aliphatic heterocycles. The molecular formula is C12H9F5N2O. The quantitative estimate of drug-likeness (QED) is 0.883. The minimum Gasteiger partial charge on any atom is -0.392 e. The third-order valence-electron chi connectivity index (χ3n) is 2.62. The van der Waals surface area contributed by atoms with Crippen molar-refractivity contribution in [1.29, 1.82) is 0 Å². The SMILES string of the molecule is OCc1ccc(-c2cnn(CC(F)(F)F)c2)c(F)c1F.